The lowest BCUT2D eigenvalue weighted by Crippen LogP contribution is -2.62. The summed E-state index contributed by atoms with van der Waals surface area (Å²) in [4.78, 5) is 18.3. The predicted molar refractivity (Wildman–Crippen MR) is 107 cm³/mol. The first kappa shape index (κ1) is 19.2. The highest BCUT2D eigenvalue weighted by molar-refractivity contribution is 8.01. The number of benzene rings is 1. The van der Waals surface area contributed by atoms with Gasteiger partial charge in [-0.25, -0.2) is 4.98 Å². The number of nitrogens with one attached hydrogen (secondary N) is 1. The van der Waals surface area contributed by atoms with Gasteiger partial charge in [0, 0.05) is 16.0 Å². The smallest absolute Gasteiger partial charge is 0.305 e. The summed E-state index contributed by atoms with van der Waals surface area (Å²) in [6, 6.07) is 7.51. The highest BCUT2D eigenvalue weighted by Crippen LogP contribution is 2.28. The van der Waals surface area contributed by atoms with Crippen molar-refractivity contribution in [2.45, 2.75) is 4.34 Å². The van der Waals surface area contributed by atoms with Crippen LogP contribution in [-0.4, -0.2) is 48.2 Å². The molecule has 1 N–H and O–H groups in total. The molecule has 8 nitrogen and oxygen atoms in total. The van der Waals surface area contributed by atoms with Gasteiger partial charge in [-0.15, -0.1) is 16.3 Å². The lowest BCUT2D eigenvalue weighted by Gasteiger charge is -2.18. The number of thiazole rings is 1. The van der Waals surface area contributed by atoms with Crippen LogP contribution in [0.2, 0.25) is 5.02 Å². The first-order valence-electron chi connectivity index (χ1n) is 8.53. The molecule has 4 rings (SSSR count). The van der Waals surface area contributed by atoms with Crippen LogP contribution in [0.4, 0.5) is 5.88 Å². The Morgan fingerprint density at radius 2 is 2.11 bits per heavy atom. The van der Waals surface area contributed by atoms with Crippen LogP contribution in [0.3, 0.4) is 0 Å². The van der Waals surface area contributed by atoms with Gasteiger partial charge in [-0.3, -0.25) is 14.6 Å². The molecular formula is C17H17ClN5O3S2+. The van der Waals surface area contributed by atoms with E-state index < -0.39 is 0 Å². The number of ether oxygens (including phenoxy) is 1. The maximum atomic E-state index is 12.2. The van der Waals surface area contributed by atoms with Crippen molar-refractivity contribution in [2.75, 3.05) is 42.4 Å². The molecule has 1 amide bonds. The third kappa shape index (κ3) is 4.82. The van der Waals surface area contributed by atoms with Crippen LogP contribution in [0.15, 0.2) is 44.7 Å². The summed E-state index contributed by atoms with van der Waals surface area (Å²) in [6.45, 7) is 2.73. The Morgan fingerprint density at radius 1 is 1.32 bits per heavy atom. The number of rotatable bonds is 6. The topological polar surface area (TPSA) is 84.4 Å². The van der Waals surface area contributed by atoms with E-state index in [1.807, 2.05) is 34.7 Å². The Bertz CT molecular complexity index is 940. The van der Waals surface area contributed by atoms with Gasteiger partial charge in [0.05, 0.1) is 42.5 Å². The minimum Gasteiger partial charge on any atom is -0.377 e. The van der Waals surface area contributed by atoms with Crippen molar-refractivity contribution in [1.82, 2.24) is 10.3 Å². The first-order valence-corrected chi connectivity index (χ1v) is 10.8. The van der Waals surface area contributed by atoms with Crippen molar-refractivity contribution in [3.05, 3.63) is 40.9 Å². The molecule has 3 heterocycles. The molecule has 0 saturated carbocycles. The highest BCUT2D eigenvalue weighted by Gasteiger charge is 2.23. The van der Waals surface area contributed by atoms with Gasteiger partial charge in [0.15, 0.2) is 4.34 Å². The van der Waals surface area contributed by atoms with Crippen molar-refractivity contribution in [2.24, 2.45) is 0 Å². The van der Waals surface area contributed by atoms with E-state index in [-0.39, 0.29) is 11.7 Å². The number of morpholine rings is 1. The number of carbonyl (C=O) groups is 1. The molecular weight excluding hydrogens is 422 g/mol. The average molecular weight is 439 g/mol. The second-order valence-electron chi connectivity index (χ2n) is 5.90. The second kappa shape index (κ2) is 8.91. The summed E-state index contributed by atoms with van der Waals surface area (Å²) < 4.78 is 11.3. The maximum Gasteiger partial charge on any atom is 0.305 e. The van der Waals surface area contributed by atoms with E-state index in [1.54, 1.807) is 11.0 Å². The van der Waals surface area contributed by atoms with Crippen molar-refractivity contribution in [3.8, 4) is 11.3 Å². The number of hydrogen-bond donors (Lipinski definition) is 1. The van der Waals surface area contributed by atoms with E-state index in [4.69, 9.17) is 20.9 Å². The number of nitrogens with zero attached hydrogens (tertiary/aromatic N) is 4. The van der Waals surface area contributed by atoms with Crippen LogP contribution in [-0.2, 0) is 9.53 Å². The van der Waals surface area contributed by atoms with Crippen LogP contribution < -0.4 is 15.1 Å². The zero-order valence-corrected chi connectivity index (χ0v) is 17.1. The van der Waals surface area contributed by atoms with Crippen LogP contribution >= 0.6 is 34.7 Å². The Labute approximate surface area is 174 Å². The molecule has 0 radical (unpaired) electrons. The van der Waals surface area contributed by atoms with Gasteiger partial charge in [-0.2, -0.15) is 0 Å². The lowest BCUT2D eigenvalue weighted by molar-refractivity contribution is -0.759. The van der Waals surface area contributed by atoms with E-state index >= 15 is 0 Å². The quantitative estimate of drug-likeness (QED) is 0.467. The van der Waals surface area contributed by atoms with E-state index in [0.29, 0.717) is 24.1 Å². The molecule has 0 aliphatic carbocycles. The molecule has 1 aliphatic heterocycles. The van der Waals surface area contributed by atoms with Gasteiger partial charge in [0.2, 0.25) is 11.2 Å². The minimum absolute atomic E-state index is 0.182. The summed E-state index contributed by atoms with van der Waals surface area (Å²) in [6.07, 6.45) is 1.65. The van der Waals surface area contributed by atoms with Crippen molar-refractivity contribution < 1.29 is 18.8 Å². The monoisotopic (exact) mass is 438 g/mol. The largest absolute Gasteiger partial charge is 0.377 e. The fourth-order valence-corrected chi connectivity index (χ4v) is 4.32. The highest BCUT2D eigenvalue weighted by atomic mass is 35.5. The van der Waals surface area contributed by atoms with E-state index in [2.05, 4.69) is 15.6 Å². The third-order valence-electron chi connectivity index (χ3n) is 3.95. The number of halogens is 1. The molecule has 0 unspecified atom stereocenters. The molecule has 0 bridgehead atoms. The summed E-state index contributed by atoms with van der Waals surface area (Å²) in [5.74, 6) is 0.350. The Hall–Kier alpha value is -2.14. The fraction of sp³-hybridized carbons (Fsp3) is 0.294. The summed E-state index contributed by atoms with van der Waals surface area (Å²) in [7, 11) is 0. The first-order chi connectivity index (χ1) is 13.7. The number of amides is 1. The SMILES string of the molecule is O=C(CSc1nc(-c2ccc(Cl)cc2)cs1)Nc1c[n+](N2CCOCC2)no1. The van der Waals surface area contributed by atoms with E-state index in [0.717, 1.165) is 28.7 Å². The Kier molecular flexibility index (Phi) is 6.10. The molecule has 1 aliphatic rings. The van der Waals surface area contributed by atoms with Gasteiger partial charge < -0.3 is 4.74 Å². The average Bonchev–Trinajstić information content (AvgIpc) is 3.37. The molecule has 2 aromatic heterocycles. The van der Waals surface area contributed by atoms with Gasteiger partial charge >= 0.3 is 5.88 Å². The summed E-state index contributed by atoms with van der Waals surface area (Å²) in [5.41, 5.74) is 1.86. The number of hydrogen-bond acceptors (Lipinski definition) is 8. The standard InChI is InChI=1S/C17H16ClN5O3S2/c18-13-3-1-12(2-4-13)14-10-27-17(19-14)28-11-15(24)20-16-9-23(21-26-16)22-5-7-25-8-6-22/h1-4,9-10H,5-8,11H2/p+1. The molecule has 3 aromatic rings. The second-order valence-corrected chi connectivity index (χ2v) is 8.41. The molecule has 146 valence electrons. The zero-order chi connectivity index (χ0) is 19.3. The van der Waals surface area contributed by atoms with Crippen molar-refractivity contribution in [3.63, 3.8) is 0 Å². The molecule has 1 aromatic carbocycles. The van der Waals surface area contributed by atoms with Crippen LogP contribution in [0, 0.1) is 0 Å². The normalized spacial score (nSPS) is 14.2. The Morgan fingerprint density at radius 3 is 2.89 bits per heavy atom. The molecule has 1 saturated heterocycles. The van der Waals surface area contributed by atoms with Crippen molar-refractivity contribution in [1.29, 1.82) is 0 Å². The Balaban J connectivity index is 1.29. The van der Waals surface area contributed by atoms with Crippen LogP contribution in [0.25, 0.3) is 11.3 Å². The van der Waals surface area contributed by atoms with Gasteiger partial charge in [-0.05, 0) is 12.1 Å². The number of carbonyl (C=O) groups excluding carboxylic acids is 1. The fourth-order valence-electron chi connectivity index (χ4n) is 2.56. The minimum atomic E-state index is -0.182. The third-order valence-corrected chi connectivity index (χ3v) is 6.22. The molecule has 1 fully saturated rings. The van der Waals surface area contributed by atoms with Crippen LogP contribution in [0.1, 0.15) is 0 Å². The van der Waals surface area contributed by atoms with Crippen molar-refractivity contribution >= 4 is 46.5 Å². The predicted octanol–water partition coefficient (Wildman–Crippen LogP) is 2.44. The molecule has 28 heavy (non-hydrogen) atoms. The zero-order valence-electron chi connectivity index (χ0n) is 14.7. The van der Waals surface area contributed by atoms with Crippen LogP contribution in [0.5, 0.6) is 0 Å². The maximum absolute atomic E-state index is 12.2. The number of aromatic nitrogens is 3. The number of thioether (sulfide) groups is 1. The van der Waals surface area contributed by atoms with Gasteiger partial charge in [-0.1, -0.05) is 35.5 Å². The van der Waals surface area contributed by atoms with Gasteiger partial charge in [0.1, 0.15) is 0 Å². The molecule has 11 heteroatoms. The number of anilines is 1. The van der Waals surface area contributed by atoms with Gasteiger partial charge in [0.25, 0.3) is 6.20 Å². The lowest BCUT2D eigenvalue weighted by atomic mass is 10.2. The van der Waals surface area contributed by atoms with E-state index in [9.17, 15) is 4.79 Å². The molecule has 0 spiro atoms. The molecule has 0 atom stereocenters. The van der Waals surface area contributed by atoms with E-state index in [1.165, 1.54) is 23.1 Å². The summed E-state index contributed by atoms with van der Waals surface area (Å²) in [5, 5.41) is 11.3. The summed E-state index contributed by atoms with van der Waals surface area (Å²) >= 11 is 8.79.